The molecule has 0 spiro atoms. The first-order valence-corrected chi connectivity index (χ1v) is 10.4. The second-order valence-corrected chi connectivity index (χ2v) is 8.67. The Bertz CT molecular complexity index is 765. The van der Waals surface area contributed by atoms with Crippen LogP contribution in [0.3, 0.4) is 0 Å². The normalized spacial score (nSPS) is 32.0. The summed E-state index contributed by atoms with van der Waals surface area (Å²) in [7, 11) is 4.81. The molecule has 29 heavy (non-hydrogen) atoms. The lowest BCUT2D eigenvalue weighted by Crippen LogP contribution is -2.63. The summed E-state index contributed by atoms with van der Waals surface area (Å²) < 4.78 is 16.5. The van der Waals surface area contributed by atoms with Crippen LogP contribution in [0.15, 0.2) is 18.2 Å². The lowest BCUT2D eigenvalue weighted by atomic mass is 9.49. The van der Waals surface area contributed by atoms with Crippen LogP contribution in [-0.4, -0.2) is 45.3 Å². The molecule has 1 aromatic carbocycles. The average Bonchev–Trinajstić information content (AvgIpc) is 2.73. The summed E-state index contributed by atoms with van der Waals surface area (Å²) in [5.41, 5.74) is 0.131. The molecule has 0 aliphatic heterocycles. The lowest BCUT2D eigenvalue weighted by molar-refractivity contribution is -0.188. The van der Waals surface area contributed by atoms with E-state index in [9.17, 15) is 9.59 Å². The van der Waals surface area contributed by atoms with Crippen molar-refractivity contribution >= 4 is 17.5 Å². The van der Waals surface area contributed by atoms with Gasteiger partial charge >= 0.3 is 11.8 Å². The predicted molar refractivity (Wildman–Crippen MR) is 108 cm³/mol. The van der Waals surface area contributed by atoms with Gasteiger partial charge in [0.15, 0.2) is 11.5 Å². The van der Waals surface area contributed by atoms with Crippen molar-refractivity contribution in [2.24, 2.45) is 23.7 Å². The first-order valence-electron chi connectivity index (χ1n) is 10.4. The fourth-order valence-corrected chi connectivity index (χ4v) is 6.08. The van der Waals surface area contributed by atoms with Gasteiger partial charge < -0.3 is 24.8 Å². The van der Waals surface area contributed by atoms with Gasteiger partial charge in [0.1, 0.15) is 0 Å². The largest absolute Gasteiger partial charge is 0.493 e. The molecule has 0 heterocycles. The van der Waals surface area contributed by atoms with Gasteiger partial charge in [0.05, 0.1) is 19.8 Å². The SMILES string of the molecule is COc1ccc(NC(=O)C(=O)NCC2(OC)C3CC4CC(C3)CC2C4)cc1OC. The Labute approximate surface area is 171 Å². The van der Waals surface area contributed by atoms with Crippen LogP contribution in [0.1, 0.15) is 32.1 Å². The van der Waals surface area contributed by atoms with E-state index in [1.807, 2.05) is 0 Å². The highest BCUT2D eigenvalue weighted by Crippen LogP contribution is 2.59. The summed E-state index contributed by atoms with van der Waals surface area (Å²) in [4.78, 5) is 24.9. The number of ether oxygens (including phenoxy) is 3. The maximum atomic E-state index is 12.5. The van der Waals surface area contributed by atoms with Gasteiger partial charge in [0, 0.05) is 25.4 Å². The number of rotatable bonds is 6. The summed E-state index contributed by atoms with van der Waals surface area (Å²) in [5, 5.41) is 5.46. The Hall–Kier alpha value is -2.28. The number of carbonyl (C=O) groups excluding carboxylic acids is 2. The standard InChI is InChI=1S/C22H30N2O5/c1-27-18-5-4-17(11-19(18)28-2)24-21(26)20(25)23-12-22(29-3)15-7-13-6-14(9-15)10-16(22)8-13/h4-5,11,13-16H,6-10,12H2,1-3H3,(H,23,25)(H,24,26). The minimum Gasteiger partial charge on any atom is -0.493 e. The fourth-order valence-electron chi connectivity index (χ4n) is 6.08. The average molecular weight is 402 g/mol. The van der Waals surface area contributed by atoms with Crippen molar-refractivity contribution in [3.8, 4) is 11.5 Å². The smallest absolute Gasteiger partial charge is 0.313 e. The third kappa shape index (κ3) is 3.56. The van der Waals surface area contributed by atoms with Crippen LogP contribution in [0, 0.1) is 23.7 Å². The topological polar surface area (TPSA) is 85.9 Å². The van der Waals surface area contributed by atoms with Crippen LogP contribution in [0.25, 0.3) is 0 Å². The number of hydrogen-bond donors (Lipinski definition) is 2. The van der Waals surface area contributed by atoms with Crippen molar-refractivity contribution in [3.05, 3.63) is 18.2 Å². The van der Waals surface area contributed by atoms with Crippen molar-refractivity contribution in [2.75, 3.05) is 33.2 Å². The molecule has 4 fully saturated rings. The van der Waals surface area contributed by atoms with E-state index in [4.69, 9.17) is 14.2 Å². The summed E-state index contributed by atoms with van der Waals surface area (Å²) in [5.74, 6) is 2.25. The van der Waals surface area contributed by atoms with Crippen molar-refractivity contribution in [2.45, 2.75) is 37.7 Å². The molecule has 4 bridgehead atoms. The van der Waals surface area contributed by atoms with Crippen molar-refractivity contribution in [3.63, 3.8) is 0 Å². The van der Waals surface area contributed by atoms with Crippen LogP contribution in [-0.2, 0) is 14.3 Å². The van der Waals surface area contributed by atoms with E-state index in [-0.39, 0.29) is 5.60 Å². The van der Waals surface area contributed by atoms with Gasteiger partial charge in [-0.05, 0) is 67.9 Å². The fraction of sp³-hybridized carbons (Fsp3) is 0.636. The van der Waals surface area contributed by atoms with Gasteiger partial charge in [-0.1, -0.05) is 0 Å². The van der Waals surface area contributed by atoms with E-state index in [1.165, 1.54) is 39.2 Å². The number of amides is 2. The number of benzene rings is 1. The summed E-state index contributed by atoms with van der Waals surface area (Å²) >= 11 is 0. The molecule has 2 N–H and O–H groups in total. The molecular weight excluding hydrogens is 372 g/mol. The van der Waals surface area contributed by atoms with E-state index in [1.54, 1.807) is 32.4 Å². The summed E-state index contributed by atoms with van der Waals surface area (Å²) in [6, 6.07) is 4.97. The molecule has 0 saturated heterocycles. The first-order chi connectivity index (χ1) is 14.0. The van der Waals surface area contributed by atoms with Crippen LogP contribution < -0.4 is 20.1 Å². The minimum atomic E-state index is -0.702. The third-order valence-electron chi connectivity index (χ3n) is 7.27. The molecule has 158 valence electrons. The van der Waals surface area contributed by atoms with E-state index in [0.29, 0.717) is 35.6 Å². The monoisotopic (exact) mass is 402 g/mol. The molecule has 0 radical (unpaired) electrons. The van der Waals surface area contributed by atoms with Gasteiger partial charge in [-0.25, -0.2) is 0 Å². The molecular formula is C22H30N2O5. The van der Waals surface area contributed by atoms with Gasteiger partial charge in [0.25, 0.3) is 0 Å². The van der Waals surface area contributed by atoms with E-state index < -0.39 is 11.8 Å². The lowest BCUT2D eigenvalue weighted by Gasteiger charge is -2.60. The molecule has 7 nitrogen and oxygen atoms in total. The molecule has 4 aliphatic rings. The molecule has 0 atom stereocenters. The van der Waals surface area contributed by atoms with Crippen molar-refractivity contribution in [1.29, 1.82) is 0 Å². The van der Waals surface area contributed by atoms with Crippen LogP contribution in [0.5, 0.6) is 11.5 Å². The maximum absolute atomic E-state index is 12.5. The zero-order valence-corrected chi connectivity index (χ0v) is 17.3. The maximum Gasteiger partial charge on any atom is 0.313 e. The van der Waals surface area contributed by atoms with Crippen LogP contribution in [0.4, 0.5) is 5.69 Å². The molecule has 4 aliphatic carbocycles. The minimum absolute atomic E-state index is 0.341. The predicted octanol–water partition coefficient (Wildman–Crippen LogP) is 2.60. The Morgan fingerprint density at radius 2 is 1.55 bits per heavy atom. The van der Waals surface area contributed by atoms with E-state index in [2.05, 4.69) is 10.6 Å². The summed E-state index contributed by atoms with van der Waals surface area (Å²) in [6.45, 7) is 0.385. The number of nitrogens with one attached hydrogen (secondary N) is 2. The number of carbonyl (C=O) groups is 2. The third-order valence-corrected chi connectivity index (χ3v) is 7.27. The zero-order valence-electron chi connectivity index (χ0n) is 17.3. The van der Waals surface area contributed by atoms with Crippen molar-refractivity contribution < 1.29 is 23.8 Å². The first kappa shape index (κ1) is 20.0. The van der Waals surface area contributed by atoms with E-state index >= 15 is 0 Å². The Morgan fingerprint density at radius 3 is 2.10 bits per heavy atom. The van der Waals surface area contributed by atoms with Gasteiger partial charge in [0.2, 0.25) is 0 Å². The van der Waals surface area contributed by atoms with Gasteiger partial charge in [-0.2, -0.15) is 0 Å². The van der Waals surface area contributed by atoms with Gasteiger partial charge in [-0.3, -0.25) is 9.59 Å². The number of hydrogen-bond acceptors (Lipinski definition) is 5. The Balaban J connectivity index is 1.38. The Kier molecular flexibility index (Phi) is 5.42. The molecule has 2 amide bonds. The molecule has 4 saturated carbocycles. The highest BCUT2D eigenvalue weighted by atomic mass is 16.5. The molecule has 1 aromatic rings. The summed E-state index contributed by atoms with van der Waals surface area (Å²) in [6.07, 6.45) is 6.05. The highest BCUT2D eigenvalue weighted by molar-refractivity contribution is 6.39. The second kappa shape index (κ2) is 7.86. The quantitative estimate of drug-likeness (QED) is 0.715. The van der Waals surface area contributed by atoms with Crippen LogP contribution in [0.2, 0.25) is 0 Å². The molecule has 0 unspecified atom stereocenters. The van der Waals surface area contributed by atoms with Gasteiger partial charge in [-0.15, -0.1) is 0 Å². The molecule has 5 rings (SSSR count). The number of anilines is 1. The van der Waals surface area contributed by atoms with Crippen LogP contribution >= 0.6 is 0 Å². The second-order valence-electron chi connectivity index (χ2n) is 8.67. The number of methoxy groups -OCH3 is 3. The highest BCUT2D eigenvalue weighted by Gasteiger charge is 2.57. The molecule has 0 aromatic heterocycles. The van der Waals surface area contributed by atoms with E-state index in [0.717, 1.165) is 11.8 Å². The van der Waals surface area contributed by atoms with Crippen molar-refractivity contribution in [1.82, 2.24) is 5.32 Å². The Morgan fingerprint density at radius 1 is 0.931 bits per heavy atom. The molecule has 7 heteroatoms. The zero-order chi connectivity index (χ0) is 20.6.